The lowest BCUT2D eigenvalue weighted by Gasteiger charge is -2.38. The Labute approximate surface area is 330 Å². The molecule has 4 heteroatoms. The Balaban J connectivity index is 1.15. The molecule has 1 aliphatic heterocycles. The number of hydrogen-bond acceptors (Lipinski definition) is 2. The van der Waals surface area contributed by atoms with Crippen LogP contribution in [0, 0.1) is 0 Å². The standard InChI is InChI=1S/C53H38N4/c1-55-47-22-12-10-20-45(47)54-53(52(55)37-25-23-35(24-26-37)34-13-3-2-4-14-34)57-48-30-27-36-15-7-8-18-41(36)51(48)43-29-28-40(33-50(43)57)56-46-21-11-9-19-42(46)44-31-38-16-5-6-17-39(38)32-49(44)56/h2-9,11-19,21-33,52H,10,20H2,1H3. The van der Waals surface area contributed by atoms with Crippen LogP contribution in [0.3, 0.4) is 0 Å². The third kappa shape index (κ3) is 4.83. The van der Waals surface area contributed by atoms with Crippen LogP contribution in [0.5, 0.6) is 0 Å². The molecule has 0 spiro atoms. The van der Waals surface area contributed by atoms with Gasteiger partial charge >= 0.3 is 0 Å². The normalized spacial score (nSPS) is 15.8. The Morgan fingerprint density at radius 2 is 1.21 bits per heavy atom. The van der Waals surface area contributed by atoms with E-state index in [-0.39, 0.29) is 6.04 Å². The van der Waals surface area contributed by atoms with Gasteiger partial charge in [-0.3, -0.25) is 4.57 Å². The van der Waals surface area contributed by atoms with E-state index in [4.69, 9.17) is 4.99 Å². The monoisotopic (exact) mass is 730 g/mol. The van der Waals surface area contributed by atoms with Gasteiger partial charge in [-0.2, -0.15) is 0 Å². The molecule has 0 saturated heterocycles. The number of para-hydroxylation sites is 1. The Hall–Kier alpha value is -7.17. The number of nitrogens with zero attached hydrogens (tertiary/aromatic N) is 4. The quantitative estimate of drug-likeness (QED) is 0.178. The van der Waals surface area contributed by atoms with E-state index < -0.39 is 0 Å². The van der Waals surface area contributed by atoms with Gasteiger partial charge in [-0.25, -0.2) is 4.99 Å². The average molecular weight is 731 g/mol. The molecule has 2 aliphatic rings. The van der Waals surface area contributed by atoms with E-state index in [1.54, 1.807) is 0 Å². The summed E-state index contributed by atoms with van der Waals surface area (Å²) in [4.78, 5) is 8.15. The zero-order valence-corrected chi connectivity index (χ0v) is 31.6. The predicted molar refractivity (Wildman–Crippen MR) is 239 cm³/mol. The summed E-state index contributed by atoms with van der Waals surface area (Å²) < 4.78 is 4.94. The zero-order chi connectivity index (χ0) is 37.6. The summed E-state index contributed by atoms with van der Waals surface area (Å²) in [6.07, 6.45) is 6.47. The van der Waals surface area contributed by atoms with E-state index in [9.17, 15) is 0 Å². The minimum Gasteiger partial charge on any atom is -0.359 e. The highest BCUT2D eigenvalue weighted by molar-refractivity contribution is 6.24. The molecule has 1 unspecified atom stereocenters. The summed E-state index contributed by atoms with van der Waals surface area (Å²) >= 11 is 0. The lowest BCUT2D eigenvalue weighted by Crippen LogP contribution is -2.37. The van der Waals surface area contributed by atoms with Crippen LogP contribution in [0.25, 0.3) is 82.0 Å². The first-order valence-electron chi connectivity index (χ1n) is 19.9. The van der Waals surface area contributed by atoms with E-state index in [2.05, 4.69) is 203 Å². The van der Waals surface area contributed by atoms with E-state index >= 15 is 0 Å². The van der Waals surface area contributed by atoms with Crippen LogP contribution in [0.2, 0.25) is 0 Å². The van der Waals surface area contributed by atoms with Gasteiger partial charge in [0.2, 0.25) is 0 Å². The number of benzene rings is 8. The van der Waals surface area contributed by atoms with Gasteiger partial charge in [0.05, 0.1) is 33.5 Å². The van der Waals surface area contributed by atoms with Crippen LogP contribution < -0.4 is 0 Å². The maximum absolute atomic E-state index is 5.70. The summed E-state index contributed by atoms with van der Waals surface area (Å²) in [6.45, 7) is 0. The molecular formula is C53H38N4. The van der Waals surface area contributed by atoms with Crippen molar-refractivity contribution in [2.75, 3.05) is 7.05 Å². The van der Waals surface area contributed by atoms with E-state index in [0.717, 1.165) is 35.6 Å². The number of fused-ring (bicyclic) bond motifs is 9. The van der Waals surface area contributed by atoms with Crippen molar-refractivity contribution in [2.24, 2.45) is 4.99 Å². The van der Waals surface area contributed by atoms with Crippen molar-refractivity contribution in [1.29, 1.82) is 0 Å². The van der Waals surface area contributed by atoms with Gasteiger partial charge < -0.3 is 9.47 Å². The molecule has 3 heterocycles. The van der Waals surface area contributed by atoms with Crippen LogP contribution >= 0.6 is 0 Å². The highest BCUT2D eigenvalue weighted by Gasteiger charge is 2.34. The number of allylic oxidation sites excluding steroid dienone is 3. The molecule has 12 rings (SSSR count). The Morgan fingerprint density at radius 3 is 2.05 bits per heavy atom. The number of likely N-dealkylation sites (N-methyl/N-ethyl adjacent to an activating group) is 1. The lowest BCUT2D eigenvalue weighted by molar-refractivity contribution is 0.369. The number of rotatable bonds is 3. The number of aliphatic imine (C=N–C) groups is 1. The smallest absolute Gasteiger partial charge is 0.141 e. The van der Waals surface area contributed by atoms with Crippen LogP contribution in [0.1, 0.15) is 24.4 Å². The summed E-state index contributed by atoms with van der Waals surface area (Å²) in [5.41, 5.74) is 11.8. The maximum Gasteiger partial charge on any atom is 0.141 e. The lowest BCUT2D eigenvalue weighted by atomic mass is 9.96. The van der Waals surface area contributed by atoms with Gasteiger partial charge in [0, 0.05) is 34.3 Å². The third-order valence-corrected chi connectivity index (χ3v) is 12.4. The SMILES string of the molecule is CN1C2=C(CCC=C2)N=C(n2c3cc(-n4c5ccccc5c5cc6ccccc6cc54)ccc3c3c4ccccc4ccc32)C1c1ccc(-c2ccccc2)cc1. The fourth-order valence-corrected chi connectivity index (χ4v) is 9.71. The Morgan fingerprint density at radius 1 is 0.509 bits per heavy atom. The molecule has 0 saturated carbocycles. The summed E-state index contributed by atoms with van der Waals surface area (Å²) in [6, 6.07) is 62.3. The molecule has 0 bridgehead atoms. The second-order valence-electron chi connectivity index (χ2n) is 15.5. The Bertz CT molecular complexity index is 3360. The molecule has 1 atom stereocenters. The number of hydrogen-bond donors (Lipinski definition) is 0. The molecule has 270 valence electrons. The molecule has 0 radical (unpaired) electrons. The highest BCUT2D eigenvalue weighted by Crippen LogP contribution is 2.43. The second kappa shape index (κ2) is 12.4. The van der Waals surface area contributed by atoms with Crippen LogP contribution in [0.15, 0.2) is 198 Å². The van der Waals surface area contributed by atoms with Crippen molar-refractivity contribution in [3.05, 3.63) is 199 Å². The first-order chi connectivity index (χ1) is 28.2. The minimum absolute atomic E-state index is 0.121. The average Bonchev–Trinajstić information content (AvgIpc) is 3.78. The minimum atomic E-state index is -0.121. The molecule has 8 aromatic carbocycles. The van der Waals surface area contributed by atoms with Gasteiger partial charge in [-0.1, -0.05) is 140 Å². The van der Waals surface area contributed by atoms with Crippen molar-refractivity contribution >= 4 is 71.0 Å². The van der Waals surface area contributed by atoms with E-state index in [1.165, 1.54) is 82.0 Å². The highest BCUT2D eigenvalue weighted by atomic mass is 15.2. The zero-order valence-electron chi connectivity index (χ0n) is 31.6. The topological polar surface area (TPSA) is 25.5 Å². The van der Waals surface area contributed by atoms with Gasteiger partial charge in [0.25, 0.3) is 0 Å². The fourth-order valence-electron chi connectivity index (χ4n) is 9.71. The molecule has 1 aliphatic carbocycles. The third-order valence-electron chi connectivity index (χ3n) is 12.4. The largest absolute Gasteiger partial charge is 0.359 e. The van der Waals surface area contributed by atoms with E-state index in [0.29, 0.717) is 0 Å². The van der Waals surface area contributed by atoms with Crippen molar-refractivity contribution in [1.82, 2.24) is 14.0 Å². The van der Waals surface area contributed by atoms with Crippen molar-refractivity contribution in [2.45, 2.75) is 18.9 Å². The number of aromatic nitrogens is 2. The molecule has 4 nitrogen and oxygen atoms in total. The van der Waals surface area contributed by atoms with Crippen LogP contribution in [-0.2, 0) is 0 Å². The van der Waals surface area contributed by atoms with Crippen LogP contribution in [-0.4, -0.2) is 26.9 Å². The van der Waals surface area contributed by atoms with Gasteiger partial charge in [0.15, 0.2) is 0 Å². The Kier molecular flexibility index (Phi) is 7.00. The summed E-state index contributed by atoms with van der Waals surface area (Å²) in [5.74, 6) is 1.03. The van der Waals surface area contributed by atoms with Crippen molar-refractivity contribution in [3.63, 3.8) is 0 Å². The molecule has 0 amide bonds. The first-order valence-corrected chi connectivity index (χ1v) is 19.9. The molecule has 0 N–H and O–H groups in total. The summed E-state index contributed by atoms with van der Waals surface area (Å²) in [7, 11) is 2.24. The molecule has 0 fully saturated rings. The van der Waals surface area contributed by atoms with Crippen molar-refractivity contribution < 1.29 is 0 Å². The predicted octanol–water partition coefficient (Wildman–Crippen LogP) is 13.4. The molecule has 10 aromatic rings. The van der Waals surface area contributed by atoms with Crippen LogP contribution in [0.4, 0.5) is 0 Å². The molecular weight excluding hydrogens is 693 g/mol. The fraction of sp³-hybridized carbons (Fsp3) is 0.0755. The van der Waals surface area contributed by atoms with Crippen molar-refractivity contribution in [3.8, 4) is 16.8 Å². The maximum atomic E-state index is 5.70. The van der Waals surface area contributed by atoms with Gasteiger partial charge in [-0.05, 0) is 93.6 Å². The van der Waals surface area contributed by atoms with Gasteiger partial charge in [-0.15, -0.1) is 0 Å². The molecule has 2 aromatic heterocycles. The van der Waals surface area contributed by atoms with E-state index in [1.807, 2.05) is 0 Å². The molecule has 57 heavy (non-hydrogen) atoms. The summed E-state index contributed by atoms with van der Waals surface area (Å²) in [5, 5.41) is 9.98. The first kappa shape index (κ1) is 32.1. The second-order valence-corrected chi connectivity index (χ2v) is 15.5. The van der Waals surface area contributed by atoms with Gasteiger partial charge in [0.1, 0.15) is 11.9 Å².